The predicted octanol–water partition coefficient (Wildman–Crippen LogP) is 3.51. The smallest absolute Gasteiger partial charge is 0.242 e. The third-order valence-corrected chi connectivity index (χ3v) is 6.14. The molecular formula is C18H18N4O2S2. The van der Waals surface area contributed by atoms with Crippen molar-refractivity contribution in [2.75, 3.05) is 19.5 Å². The molecule has 0 amide bonds. The lowest BCUT2D eigenvalue weighted by atomic mass is 10.2. The van der Waals surface area contributed by atoms with Gasteiger partial charge in [-0.25, -0.2) is 17.7 Å². The Hall–Kier alpha value is -2.55. The maximum absolute atomic E-state index is 12.3. The number of nitrogens with one attached hydrogen (secondary N) is 1. The van der Waals surface area contributed by atoms with E-state index < -0.39 is 10.0 Å². The number of thiazole rings is 1. The van der Waals surface area contributed by atoms with Gasteiger partial charge in [-0.05, 0) is 17.7 Å². The normalized spacial score (nSPS) is 12.0. The maximum atomic E-state index is 12.3. The summed E-state index contributed by atoms with van der Waals surface area (Å²) >= 11 is 1.40. The molecule has 0 spiro atoms. The monoisotopic (exact) mass is 386 g/mol. The average molecular weight is 387 g/mol. The number of hydrogen-bond acceptors (Lipinski definition) is 6. The van der Waals surface area contributed by atoms with Crippen LogP contribution in [0.3, 0.4) is 0 Å². The SMILES string of the molecule is CN(C)S(=O)(=O)c1cccc(-c2csc(NN=Cc3ccccc3)n2)c1. The number of aromatic nitrogens is 1. The lowest BCUT2D eigenvalue weighted by Crippen LogP contribution is -2.22. The Labute approximate surface area is 156 Å². The first kappa shape index (κ1) is 18.2. The van der Waals surface area contributed by atoms with Crippen LogP contribution >= 0.6 is 11.3 Å². The quantitative estimate of drug-likeness (QED) is 0.520. The van der Waals surface area contributed by atoms with E-state index in [1.54, 1.807) is 24.4 Å². The number of sulfonamides is 1. The number of rotatable bonds is 6. The van der Waals surface area contributed by atoms with Crippen molar-refractivity contribution in [1.29, 1.82) is 0 Å². The Bertz CT molecular complexity index is 1010. The molecule has 0 saturated heterocycles. The maximum Gasteiger partial charge on any atom is 0.242 e. The van der Waals surface area contributed by atoms with Crippen LogP contribution < -0.4 is 5.43 Å². The van der Waals surface area contributed by atoms with Crippen LogP contribution in [0.5, 0.6) is 0 Å². The van der Waals surface area contributed by atoms with Crippen LogP contribution in [0.1, 0.15) is 5.56 Å². The molecular weight excluding hydrogens is 368 g/mol. The highest BCUT2D eigenvalue weighted by Crippen LogP contribution is 2.27. The summed E-state index contributed by atoms with van der Waals surface area (Å²) in [7, 11) is -0.453. The van der Waals surface area contributed by atoms with Gasteiger partial charge in [-0.15, -0.1) is 11.3 Å². The Morgan fingerprint density at radius 2 is 1.88 bits per heavy atom. The second kappa shape index (κ2) is 7.77. The molecule has 0 aliphatic rings. The minimum atomic E-state index is -3.48. The molecule has 0 aliphatic heterocycles. The highest BCUT2D eigenvalue weighted by molar-refractivity contribution is 7.89. The first-order valence-electron chi connectivity index (χ1n) is 7.79. The second-order valence-electron chi connectivity index (χ2n) is 5.63. The van der Waals surface area contributed by atoms with Crippen molar-refractivity contribution in [1.82, 2.24) is 9.29 Å². The predicted molar refractivity (Wildman–Crippen MR) is 106 cm³/mol. The van der Waals surface area contributed by atoms with E-state index in [4.69, 9.17) is 0 Å². The van der Waals surface area contributed by atoms with E-state index in [0.717, 1.165) is 11.1 Å². The van der Waals surface area contributed by atoms with Gasteiger partial charge in [0, 0.05) is 25.0 Å². The fourth-order valence-electron chi connectivity index (χ4n) is 2.19. The van der Waals surface area contributed by atoms with Crippen LogP contribution in [0.15, 0.2) is 70.0 Å². The molecule has 6 nitrogen and oxygen atoms in total. The van der Waals surface area contributed by atoms with E-state index in [1.165, 1.54) is 29.7 Å². The van der Waals surface area contributed by atoms with Crippen LogP contribution in [0.2, 0.25) is 0 Å². The zero-order valence-corrected chi connectivity index (χ0v) is 16.0. The Balaban J connectivity index is 1.77. The van der Waals surface area contributed by atoms with Gasteiger partial charge in [0.05, 0.1) is 16.8 Å². The van der Waals surface area contributed by atoms with Gasteiger partial charge in [0.25, 0.3) is 0 Å². The first-order valence-corrected chi connectivity index (χ1v) is 10.1. The summed E-state index contributed by atoms with van der Waals surface area (Å²) in [5, 5.41) is 6.66. The standard InChI is InChI=1S/C18H18N4O2S2/c1-22(2)26(23,24)16-10-6-9-15(11-16)17-13-25-18(20-17)21-19-12-14-7-4-3-5-8-14/h3-13H,1-2H3,(H,20,21). The Morgan fingerprint density at radius 1 is 1.12 bits per heavy atom. The molecule has 1 heterocycles. The molecule has 2 aromatic carbocycles. The third-order valence-electron chi connectivity index (χ3n) is 3.59. The van der Waals surface area contributed by atoms with Crippen molar-refractivity contribution >= 4 is 32.7 Å². The fraction of sp³-hybridized carbons (Fsp3) is 0.111. The molecule has 0 radical (unpaired) electrons. The molecule has 1 N–H and O–H groups in total. The molecule has 0 atom stereocenters. The number of benzene rings is 2. The average Bonchev–Trinajstić information content (AvgIpc) is 3.11. The summed E-state index contributed by atoms with van der Waals surface area (Å²) in [5.74, 6) is 0. The van der Waals surface area contributed by atoms with Gasteiger partial charge in [-0.3, -0.25) is 5.43 Å². The van der Waals surface area contributed by atoms with E-state index in [1.807, 2.05) is 41.8 Å². The number of hydrogen-bond donors (Lipinski definition) is 1. The highest BCUT2D eigenvalue weighted by Gasteiger charge is 2.18. The van der Waals surface area contributed by atoms with Gasteiger partial charge < -0.3 is 0 Å². The zero-order valence-electron chi connectivity index (χ0n) is 14.3. The summed E-state index contributed by atoms with van der Waals surface area (Å²) in [5.41, 5.74) is 5.32. The van der Waals surface area contributed by atoms with Crippen LogP contribution in [0.25, 0.3) is 11.3 Å². The molecule has 26 heavy (non-hydrogen) atoms. The molecule has 0 fully saturated rings. The molecule has 8 heteroatoms. The van der Waals surface area contributed by atoms with E-state index in [-0.39, 0.29) is 4.90 Å². The third kappa shape index (κ3) is 4.16. The first-order chi connectivity index (χ1) is 12.5. The molecule has 134 valence electrons. The fourth-order valence-corrected chi connectivity index (χ4v) is 3.80. The second-order valence-corrected chi connectivity index (χ2v) is 8.64. The van der Waals surface area contributed by atoms with Crippen LogP contribution in [-0.4, -0.2) is 38.0 Å². The molecule has 1 aromatic heterocycles. The van der Waals surface area contributed by atoms with E-state index in [2.05, 4.69) is 15.5 Å². The van der Waals surface area contributed by atoms with E-state index in [9.17, 15) is 8.42 Å². The lowest BCUT2D eigenvalue weighted by molar-refractivity contribution is 0.521. The summed E-state index contributed by atoms with van der Waals surface area (Å²) in [4.78, 5) is 4.71. The summed E-state index contributed by atoms with van der Waals surface area (Å²) < 4.78 is 25.7. The van der Waals surface area contributed by atoms with Crippen molar-refractivity contribution in [3.63, 3.8) is 0 Å². The van der Waals surface area contributed by atoms with E-state index >= 15 is 0 Å². The van der Waals surface area contributed by atoms with Gasteiger partial charge in [-0.1, -0.05) is 42.5 Å². The highest BCUT2D eigenvalue weighted by atomic mass is 32.2. The minimum Gasteiger partial charge on any atom is -0.253 e. The topological polar surface area (TPSA) is 74.7 Å². The summed E-state index contributed by atoms with van der Waals surface area (Å²) in [6, 6.07) is 16.5. The summed E-state index contributed by atoms with van der Waals surface area (Å²) in [6.45, 7) is 0. The van der Waals surface area contributed by atoms with Crippen molar-refractivity contribution in [2.24, 2.45) is 5.10 Å². The molecule has 0 unspecified atom stereocenters. The molecule has 3 rings (SSSR count). The van der Waals surface area contributed by atoms with Gasteiger partial charge in [0.15, 0.2) is 0 Å². The van der Waals surface area contributed by atoms with E-state index in [0.29, 0.717) is 10.8 Å². The van der Waals surface area contributed by atoms with Crippen molar-refractivity contribution < 1.29 is 8.42 Å². The zero-order chi connectivity index (χ0) is 18.6. The lowest BCUT2D eigenvalue weighted by Gasteiger charge is -2.11. The van der Waals surface area contributed by atoms with Crippen molar-refractivity contribution in [3.8, 4) is 11.3 Å². The largest absolute Gasteiger partial charge is 0.253 e. The molecule has 0 bridgehead atoms. The molecule has 3 aromatic rings. The van der Waals surface area contributed by atoms with Crippen molar-refractivity contribution in [3.05, 3.63) is 65.5 Å². The van der Waals surface area contributed by atoms with Crippen LogP contribution in [-0.2, 0) is 10.0 Å². The van der Waals surface area contributed by atoms with Crippen molar-refractivity contribution in [2.45, 2.75) is 4.90 Å². The number of hydrazone groups is 1. The van der Waals surface area contributed by atoms with Crippen LogP contribution in [0, 0.1) is 0 Å². The Morgan fingerprint density at radius 3 is 2.62 bits per heavy atom. The van der Waals surface area contributed by atoms with Gasteiger partial charge in [0.1, 0.15) is 0 Å². The number of nitrogens with zero attached hydrogens (tertiary/aromatic N) is 3. The van der Waals surface area contributed by atoms with Gasteiger partial charge in [-0.2, -0.15) is 5.10 Å². The van der Waals surface area contributed by atoms with Crippen LogP contribution in [0.4, 0.5) is 5.13 Å². The Kier molecular flexibility index (Phi) is 5.46. The van der Waals surface area contributed by atoms with Gasteiger partial charge >= 0.3 is 0 Å². The van der Waals surface area contributed by atoms with Gasteiger partial charge in [0.2, 0.25) is 15.2 Å². The number of anilines is 1. The molecule has 0 aliphatic carbocycles. The molecule has 0 saturated carbocycles. The minimum absolute atomic E-state index is 0.240. The summed E-state index contributed by atoms with van der Waals surface area (Å²) in [6.07, 6.45) is 1.71.